The van der Waals surface area contributed by atoms with Gasteiger partial charge in [0.1, 0.15) is 0 Å². The first kappa shape index (κ1) is 7.33. The molecule has 0 aromatic carbocycles. The Morgan fingerprint density at radius 3 is 2.25 bits per heavy atom. The summed E-state index contributed by atoms with van der Waals surface area (Å²) in [4.78, 5) is 0. The van der Waals surface area contributed by atoms with Gasteiger partial charge in [-0.2, -0.15) is 8.78 Å². The third-order valence-electron chi connectivity index (χ3n) is 0.411. The largest absolute Gasteiger partial charge is 0.439 e. The van der Waals surface area contributed by atoms with Gasteiger partial charge in [0.15, 0.2) is 6.67 Å². The van der Waals surface area contributed by atoms with Crippen molar-refractivity contribution in [2.24, 2.45) is 0 Å². The van der Waals surface area contributed by atoms with E-state index in [1.807, 2.05) is 0 Å². The highest BCUT2D eigenvalue weighted by molar-refractivity contribution is 4.56. The quantitative estimate of drug-likeness (QED) is 0.523. The minimum Gasteiger partial charge on any atom is -0.439 e. The van der Waals surface area contributed by atoms with E-state index in [0.717, 1.165) is 0 Å². The number of hydrogen-bond donors (Lipinski definition) is 0. The van der Waals surface area contributed by atoms with Gasteiger partial charge in [0.2, 0.25) is 0 Å². The van der Waals surface area contributed by atoms with Crippen molar-refractivity contribution in [2.45, 2.75) is 6.11 Å². The Hall–Kier alpha value is -0.670. The van der Waals surface area contributed by atoms with Crippen LogP contribution in [0.1, 0.15) is 0 Å². The molecule has 0 saturated carbocycles. The average Bonchev–Trinajstić information content (AvgIpc) is 1.67. The zero-order chi connectivity index (χ0) is 6.62. The third kappa shape index (κ3) is 2.49. The molecule has 0 atom stereocenters. The lowest BCUT2D eigenvalue weighted by molar-refractivity contribution is -0.213. The first-order chi connectivity index (χ1) is 3.62. The molecule has 0 aromatic heterocycles. The van der Waals surface area contributed by atoms with Crippen molar-refractivity contribution in [3.8, 4) is 0 Å². The fraction of sp³-hybridized carbons (Fsp3) is 0.500. The van der Waals surface area contributed by atoms with Crippen LogP contribution in [0.25, 0.3) is 0 Å². The van der Waals surface area contributed by atoms with Crippen LogP contribution in [0.15, 0.2) is 12.8 Å². The molecule has 0 bridgehead atoms. The van der Waals surface area contributed by atoms with E-state index in [4.69, 9.17) is 0 Å². The van der Waals surface area contributed by atoms with Crippen molar-refractivity contribution >= 4 is 0 Å². The summed E-state index contributed by atoms with van der Waals surface area (Å²) in [7, 11) is 0. The van der Waals surface area contributed by atoms with E-state index < -0.39 is 12.8 Å². The number of hydrogen-bond acceptors (Lipinski definition) is 1. The number of alkyl halides is 3. The molecule has 0 amide bonds. The Balaban J connectivity index is 3.53. The molecule has 0 unspecified atom stereocenters. The smallest absolute Gasteiger partial charge is 0.426 e. The molecule has 0 rings (SSSR count). The molecule has 0 N–H and O–H groups in total. The Labute approximate surface area is 44.8 Å². The highest BCUT2D eigenvalue weighted by Gasteiger charge is 2.29. The molecular formula is C4H5F3O. The van der Waals surface area contributed by atoms with Crippen LogP contribution in [0.2, 0.25) is 0 Å². The van der Waals surface area contributed by atoms with Crippen LogP contribution < -0.4 is 0 Å². The molecule has 0 aliphatic heterocycles. The molecule has 0 aliphatic carbocycles. The SMILES string of the molecule is C=COC(F)(F)CF. The summed E-state index contributed by atoms with van der Waals surface area (Å²) >= 11 is 0. The van der Waals surface area contributed by atoms with Crippen molar-refractivity contribution in [1.29, 1.82) is 0 Å². The summed E-state index contributed by atoms with van der Waals surface area (Å²) in [5, 5.41) is 0. The molecule has 0 fully saturated rings. The summed E-state index contributed by atoms with van der Waals surface area (Å²) in [6.45, 7) is 1.00. The van der Waals surface area contributed by atoms with Crippen LogP contribution in [-0.4, -0.2) is 12.8 Å². The van der Waals surface area contributed by atoms with Crippen molar-refractivity contribution in [1.82, 2.24) is 0 Å². The minimum atomic E-state index is -3.69. The molecule has 0 heterocycles. The molecule has 4 heteroatoms. The molecular weight excluding hydrogens is 121 g/mol. The van der Waals surface area contributed by atoms with Crippen LogP contribution in [0.4, 0.5) is 13.2 Å². The summed E-state index contributed by atoms with van der Waals surface area (Å²) in [6.07, 6.45) is -3.19. The Kier molecular flexibility index (Phi) is 2.37. The first-order valence-electron chi connectivity index (χ1n) is 1.85. The van der Waals surface area contributed by atoms with Crippen molar-refractivity contribution in [3.05, 3.63) is 12.8 Å². The van der Waals surface area contributed by atoms with Crippen LogP contribution in [0.3, 0.4) is 0 Å². The van der Waals surface area contributed by atoms with Crippen LogP contribution >= 0.6 is 0 Å². The second kappa shape index (κ2) is 2.59. The normalized spacial score (nSPS) is 10.9. The molecule has 0 aliphatic rings. The van der Waals surface area contributed by atoms with E-state index >= 15 is 0 Å². The Morgan fingerprint density at radius 1 is 1.62 bits per heavy atom. The lowest BCUT2D eigenvalue weighted by Gasteiger charge is -2.08. The maximum Gasteiger partial charge on any atom is 0.426 e. The van der Waals surface area contributed by atoms with Crippen LogP contribution in [0.5, 0.6) is 0 Å². The fourth-order valence-electron chi connectivity index (χ4n) is 0.153. The minimum absolute atomic E-state index is 0.500. The number of ether oxygens (including phenoxy) is 1. The summed E-state index contributed by atoms with van der Waals surface area (Å²) in [5.74, 6) is 0. The maximum absolute atomic E-state index is 11.5. The maximum atomic E-state index is 11.5. The van der Waals surface area contributed by atoms with Gasteiger partial charge in [0, 0.05) is 0 Å². The molecule has 8 heavy (non-hydrogen) atoms. The Bertz CT molecular complexity index is 81.4. The van der Waals surface area contributed by atoms with Gasteiger partial charge in [-0.25, -0.2) is 4.39 Å². The van der Waals surface area contributed by atoms with Gasteiger partial charge >= 0.3 is 6.11 Å². The van der Waals surface area contributed by atoms with E-state index in [9.17, 15) is 13.2 Å². The molecule has 0 radical (unpaired) electrons. The molecule has 48 valence electrons. The van der Waals surface area contributed by atoms with E-state index in [2.05, 4.69) is 11.3 Å². The second-order valence-electron chi connectivity index (χ2n) is 1.06. The van der Waals surface area contributed by atoms with Gasteiger partial charge in [-0.15, -0.1) is 0 Å². The number of rotatable bonds is 3. The van der Waals surface area contributed by atoms with Gasteiger partial charge in [-0.05, 0) is 0 Å². The van der Waals surface area contributed by atoms with E-state index in [-0.39, 0.29) is 0 Å². The van der Waals surface area contributed by atoms with E-state index in [0.29, 0.717) is 6.26 Å². The van der Waals surface area contributed by atoms with Gasteiger partial charge in [0.25, 0.3) is 0 Å². The van der Waals surface area contributed by atoms with Crippen molar-refractivity contribution in [2.75, 3.05) is 6.67 Å². The highest BCUT2D eigenvalue weighted by Crippen LogP contribution is 2.14. The first-order valence-corrected chi connectivity index (χ1v) is 1.85. The molecule has 0 saturated heterocycles. The lowest BCUT2D eigenvalue weighted by Crippen LogP contribution is -2.19. The molecule has 0 spiro atoms. The summed E-state index contributed by atoms with van der Waals surface area (Å²) < 4.78 is 37.4. The predicted octanol–water partition coefficient (Wildman–Crippen LogP) is 1.71. The predicted molar refractivity (Wildman–Crippen MR) is 22.2 cm³/mol. The van der Waals surface area contributed by atoms with Gasteiger partial charge in [-0.1, -0.05) is 6.58 Å². The second-order valence-corrected chi connectivity index (χ2v) is 1.06. The standard InChI is InChI=1S/C4H5F3O/c1-2-8-4(6,7)3-5/h2H,1,3H2. The zero-order valence-electron chi connectivity index (χ0n) is 4.03. The zero-order valence-corrected chi connectivity index (χ0v) is 4.03. The van der Waals surface area contributed by atoms with Crippen LogP contribution in [-0.2, 0) is 4.74 Å². The van der Waals surface area contributed by atoms with E-state index in [1.165, 1.54) is 0 Å². The topological polar surface area (TPSA) is 9.23 Å². The van der Waals surface area contributed by atoms with Gasteiger partial charge in [0.05, 0.1) is 6.26 Å². The Morgan fingerprint density at radius 2 is 2.12 bits per heavy atom. The van der Waals surface area contributed by atoms with Crippen LogP contribution in [0, 0.1) is 0 Å². The van der Waals surface area contributed by atoms with E-state index in [1.54, 1.807) is 0 Å². The molecule has 0 aromatic rings. The van der Waals surface area contributed by atoms with Crippen molar-refractivity contribution in [3.63, 3.8) is 0 Å². The fourth-order valence-corrected chi connectivity index (χ4v) is 0.153. The van der Waals surface area contributed by atoms with Gasteiger partial charge < -0.3 is 4.74 Å². The highest BCUT2D eigenvalue weighted by atomic mass is 19.3. The monoisotopic (exact) mass is 126 g/mol. The van der Waals surface area contributed by atoms with Crippen molar-refractivity contribution < 1.29 is 17.9 Å². The number of halogens is 3. The summed E-state index contributed by atoms with van der Waals surface area (Å²) in [5.41, 5.74) is 0. The average molecular weight is 126 g/mol. The van der Waals surface area contributed by atoms with Gasteiger partial charge in [-0.3, -0.25) is 0 Å². The third-order valence-corrected chi connectivity index (χ3v) is 0.411. The summed E-state index contributed by atoms with van der Waals surface area (Å²) in [6, 6.07) is 0. The molecule has 1 nitrogen and oxygen atoms in total. The lowest BCUT2D eigenvalue weighted by atomic mass is 10.7.